The Bertz CT molecular complexity index is 458. The summed E-state index contributed by atoms with van der Waals surface area (Å²) in [6.45, 7) is 1.71. The van der Waals surface area contributed by atoms with Crippen LogP contribution in [0.25, 0.3) is 0 Å². The first-order valence-corrected chi connectivity index (χ1v) is 6.61. The minimum Gasteiger partial charge on any atom is -0.497 e. The molecule has 21 heavy (non-hydrogen) atoms. The fourth-order valence-electron chi connectivity index (χ4n) is 2.06. The molecule has 2 atom stereocenters. The molecular formula is C14H21ClN2O4. The van der Waals surface area contributed by atoms with Gasteiger partial charge in [-0.2, -0.15) is 0 Å². The van der Waals surface area contributed by atoms with Crippen LogP contribution < -0.4 is 20.1 Å². The van der Waals surface area contributed by atoms with E-state index in [1.54, 1.807) is 31.4 Å². The Hall–Kier alpha value is -1.50. The number of nitrogens with one attached hydrogen (secondary N) is 2. The largest absolute Gasteiger partial charge is 0.497 e. The lowest BCUT2D eigenvalue weighted by Crippen LogP contribution is -2.36. The van der Waals surface area contributed by atoms with E-state index in [-0.39, 0.29) is 30.8 Å². The first kappa shape index (κ1) is 17.6. The second-order valence-corrected chi connectivity index (χ2v) is 4.76. The number of amides is 1. The van der Waals surface area contributed by atoms with Gasteiger partial charge in [0, 0.05) is 31.6 Å². The molecular weight excluding hydrogens is 296 g/mol. The Morgan fingerprint density at radius 2 is 2.19 bits per heavy atom. The van der Waals surface area contributed by atoms with Crippen LogP contribution >= 0.6 is 12.4 Å². The van der Waals surface area contributed by atoms with E-state index in [0.717, 1.165) is 6.54 Å². The van der Waals surface area contributed by atoms with Gasteiger partial charge in [-0.25, -0.2) is 0 Å². The van der Waals surface area contributed by atoms with Crippen molar-refractivity contribution < 1.29 is 19.4 Å². The van der Waals surface area contributed by atoms with Crippen LogP contribution in [0.15, 0.2) is 24.3 Å². The summed E-state index contributed by atoms with van der Waals surface area (Å²) >= 11 is 0. The van der Waals surface area contributed by atoms with Gasteiger partial charge in [-0.3, -0.25) is 4.79 Å². The van der Waals surface area contributed by atoms with Crippen molar-refractivity contribution >= 4 is 18.3 Å². The molecule has 0 aromatic heterocycles. The van der Waals surface area contributed by atoms with Crippen LogP contribution in [0, 0.1) is 5.92 Å². The number of ether oxygens (including phenoxy) is 2. The van der Waals surface area contributed by atoms with E-state index in [0.29, 0.717) is 24.6 Å². The normalized spacial score (nSPS) is 20.5. The van der Waals surface area contributed by atoms with Crippen molar-refractivity contribution in [3.8, 4) is 11.5 Å². The highest BCUT2D eigenvalue weighted by Crippen LogP contribution is 2.18. The van der Waals surface area contributed by atoms with E-state index in [2.05, 4.69) is 10.6 Å². The van der Waals surface area contributed by atoms with Crippen molar-refractivity contribution in [2.75, 3.05) is 33.4 Å². The predicted octanol–water partition coefficient (Wildman–Crippen LogP) is 0.192. The lowest BCUT2D eigenvalue weighted by molar-refractivity contribution is -0.123. The molecule has 2 rings (SSSR count). The molecule has 3 N–H and O–H groups in total. The summed E-state index contributed by atoms with van der Waals surface area (Å²) < 4.78 is 10.5. The smallest absolute Gasteiger partial charge is 0.257 e. The van der Waals surface area contributed by atoms with Crippen molar-refractivity contribution in [2.45, 2.75) is 6.10 Å². The first-order chi connectivity index (χ1) is 9.69. The number of aliphatic hydroxyl groups is 1. The zero-order valence-corrected chi connectivity index (χ0v) is 12.7. The number of β-amino-alcohol motifs (C(OH)–C–C–N with tert-alkyl or cyclic N) is 1. The molecule has 0 radical (unpaired) electrons. The molecule has 1 aromatic rings. The van der Waals surface area contributed by atoms with Gasteiger partial charge in [0.25, 0.3) is 5.91 Å². The molecule has 1 heterocycles. The average molecular weight is 317 g/mol. The van der Waals surface area contributed by atoms with E-state index >= 15 is 0 Å². The summed E-state index contributed by atoms with van der Waals surface area (Å²) in [6, 6.07) is 7.09. The molecule has 0 aliphatic carbocycles. The van der Waals surface area contributed by atoms with Gasteiger partial charge in [-0.05, 0) is 12.1 Å². The monoisotopic (exact) mass is 316 g/mol. The van der Waals surface area contributed by atoms with Gasteiger partial charge in [-0.1, -0.05) is 6.07 Å². The Morgan fingerprint density at radius 1 is 1.43 bits per heavy atom. The van der Waals surface area contributed by atoms with E-state index < -0.39 is 6.10 Å². The van der Waals surface area contributed by atoms with Crippen molar-refractivity contribution in [2.24, 2.45) is 5.92 Å². The van der Waals surface area contributed by atoms with Gasteiger partial charge < -0.3 is 25.2 Å². The Morgan fingerprint density at radius 3 is 2.86 bits per heavy atom. The summed E-state index contributed by atoms with van der Waals surface area (Å²) in [7, 11) is 1.58. The Labute approximate surface area is 130 Å². The number of methoxy groups -OCH3 is 1. The fourth-order valence-corrected chi connectivity index (χ4v) is 2.06. The van der Waals surface area contributed by atoms with E-state index in [1.807, 2.05) is 0 Å². The third-order valence-electron chi connectivity index (χ3n) is 3.28. The molecule has 1 aromatic carbocycles. The van der Waals surface area contributed by atoms with Crippen molar-refractivity contribution in [3.05, 3.63) is 24.3 Å². The van der Waals surface area contributed by atoms with Crippen LogP contribution in [0.4, 0.5) is 0 Å². The van der Waals surface area contributed by atoms with E-state index in [9.17, 15) is 9.90 Å². The highest BCUT2D eigenvalue weighted by Gasteiger charge is 2.24. The number of hydrogen-bond acceptors (Lipinski definition) is 5. The molecule has 1 aliphatic rings. The number of carbonyl (C=O) groups is 1. The minimum atomic E-state index is -0.394. The summed E-state index contributed by atoms with van der Waals surface area (Å²) in [5.41, 5.74) is 0. The standard InChI is InChI=1S/C14H20N2O4.ClH/c1-19-11-3-2-4-12(5-11)20-9-14(18)16-7-10-6-15-8-13(10)17;/h2-5,10,13,15,17H,6-9H2,1H3,(H,16,18);1H. The number of benzene rings is 1. The van der Waals surface area contributed by atoms with Gasteiger partial charge >= 0.3 is 0 Å². The quantitative estimate of drug-likeness (QED) is 0.698. The zero-order chi connectivity index (χ0) is 14.4. The second kappa shape index (κ2) is 8.71. The molecule has 1 fully saturated rings. The molecule has 1 amide bonds. The lowest BCUT2D eigenvalue weighted by atomic mass is 10.1. The zero-order valence-electron chi connectivity index (χ0n) is 11.9. The molecule has 0 bridgehead atoms. The molecule has 0 saturated carbocycles. The van der Waals surface area contributed by atoms with Gasteiger partial charge in [0.1, 0.15) is 11.5 Å². The Balaban J connectivity index is 0.00000220. The number of rotatable bonds is 6. The van der Waals surface area contributed by atoms with Gasteiger partial charge in [0.15, 0.2) is 6.61 Å². The summed E-state index contributed by atoms with van der Waals surface area (Å²) in [5, 5.41) is 15.4. The maximum Gasteiger partial charge on any atom is 0.257 e. The first-order valence-electron chi connectivity index (χ1n) is 6.61. The molecule has 1 aliphatic heterocycles. The highest BCUT2D eigenvalue weighted by molar-refractivity contribution is 5.85. The maximum absolute atomic E-state index is 11.7. The van der Waals surface area contributed by atoms with Crippen molar-refractivity contribution in [1.82, 2.24) is 10.6 Å². The molecule has 6 nitrogen and oxygen atoms in total. The van der Waals surface area contributed by atoms with Gasteiger partial charge in [-0.15, -0.1) is 12.4 Å². The van der Waals surface area contributed by atoms with Crippen LogP contribution in [-0.4, -0.2) is 50.5 Å². The topological polar surface area (TPSA) is 79.8 Å². The van der Waals surface area contributed by atoms with Crippen LogP contribution in [0.5, 0.6) is 11.5 Å². The maximum atomic E-state index is 11.7. The van der Waals surface area contributed by atoms with Gasteiger partial charge in [0.2, 0.25) is 0 Å². The third-order valence-corrected chi connectivity index (χ3v) is 3.28. The molecule has 118 valence electrons. The van der Waals surface area contributed by atoms with E-state index in [4.69, 9.17) is 9.47 Å². The van der Waals surface area contributed by atoms with Crippen LogP contribution in [-0.2, 0) is 4.79 Å². The predicted molar refractivity (Wildman–Crippen MR) is 81.1 cm³/mol. The van der Waals surface area contributed by atoms with E-state index in [1.165, 1.54) is 0 Å². The van der Waals surface area contributed by atoms with Gasteiger partial charge in [0.05, 0.1) is 13.2 Å². The van der Waals surface area contributed by atoms with Crippen molar-refractivity contribution in [1.29, 1.82) is 0 Å². The Kier molecular flexibility index (Phi) is 7.28. The van der Waals surface area contributed by atoms with Crippen LogP contribution in [0.1, 0.15) is 0 Å². The summed E-state index contributed by atoms with van der Waals surface area (Å²) in [6.07, 6.45) is -0.394. The minimum absolute atomic E-state index is 0. The number of carbonyl (C=O) groups excluding carboxylic acids is 1. The molecule has 1 saturated heterocycles. The van der Waals surface area contributed by atoms with Crippen LogP contribution in [0.2, 0.25) is 0 Å². The lowest BCUT2D eigenvalue weighted by Gasteiger charge is -2.14. The highest BCUT2D eigenvalue weighted by atomic mass is 35.5. The second-order valence-electron chi connectivity index (χ2n) is 4.76. The SMILES string of the molecule is COc1cccc(OCC(=O)NCC2CNCC2O)c1.Cl. The molecule has 0 spiro atoms. The number of hydrogen-bond donors (Lipinski definition) is 3. The number of aliphatic hydroxyl groups excluding tert-OH is 1. The summed E-state index contributed by atoms with van der Waals surface area (Å²) in [4.78, 5) is 11.7. The third kappa shape index (κ3) is 5.41. The fraction of sp³-hybridized carbons (Fsp3) is 0.500. The van der Waals surface area contributed by atoms with Crippen LogP contribution in [0.3, 0.4) is 0 Å². The summed E-state index contributed by atoms with van der Waals surface area (Å²) in [5.74, 6) is 1.13. The average Bonchev–Trinajstić information content (AvgIpc) is 2.88. The number of halogens is 1. The molecule has 7 heteroatoms. The van der Waals surface area contributed by atoms with Crippen molar-refractivity contribution in [3.63, 3.8) is 0 Å². The molecule has 2 unspecified atom stereocenters.